The lowest BCUT2D eigenvalue weighted by Crippen LogP contribution is -2.48. The summed E-state index contributed by atoms with van der Waals surface area (Å²) >= 11 is 0. The molecule has 2 fully saturated rings. The molecule has 0 aromatic carbocycles. The van der Waals surface area contributed by atoms with E-state index in [-0.39, 0.29) is 11.5 Å². The first kappa shape index (κ1) is 19.2. The molecule has 5 rings (SSSR count). The third-order valence-electron chi connectivity index (χ3n) is 6.65. The molecule has 0 spiro atoms. The standard InChI is InChI=1S/C22H26FN5O2/c23-18-4-6-26(13-18)11-16-1-2-19-17-7-14(10-28(19)22(16)30)9-27(12-17)20-8-15(21(24)29)3-5-25-20/h1-3,5,8,14,17-18H,4,6-7,9-13H2,(H2,24,29)/t14-,17+,18-/m0/s1. The number of halogens is 1. The molecule has 3 aliphatic heterocycles. The van der Waals surface area contributed by atoms with E-state index in [1.54, 1.807) is 18.3 Å². The summed E-state index contributed by atoms with van der Waals surface area (Å²) in [5.41, 5.74) is 7.74. The summed E-state index contributed by atoms with van der Waals surface area (Å²) in [5.74, 6) is 0.867. The maximum Gasteiger partial charge on any atom is 0.255 e. The van der Waals surface area contributed by atoms with Crippen molar-refractivity contribution in [3.05, 3.63) is 57.6 Å². The Bertz CT molecular complexity index is 1040. The number of carbonyl (C=O) groups is 1. The number of likely N-dealkylation sites (tertiary alicyclic amines) is 1. The lowest BCUT2D eigenvalue weighted by atomic mass is 9.83. The molecule has 8 heteroatoms. The van der Waals surface area contributed by atoms with Crippen LogP contribution in [0.3, 0.4) is 0 Å². The fourth-order valence-corrected chi connectivity index (χ4v) is 5.21. The molecule has 158 valence electrons. The van der Waals surface area contributed by atoms with E-state index in [0.717, 1.165) is 36.6 Å². The first-order chi connectivity index (χ1) is 14.5. The van der Waals surface area contributed by atoms with Gasteiger partial charge >= 0.3 is 0 Å². The largest absolute Gasteiger partial charge is 0.366 e. The van der Waals surface area contributed by atoms with Crippen molar-refractivity contribution in [3.8, 4) is 0 Å². The SMILES string of the molecule is NC(=O)c1ccnc(N2C[C@@H]3C[C@H](C2)c2ccc(CN4CC[C@H](F)C4)c(=O)n2C3)c1. The predicted molar refractivity (Wildman–Crippen MR) is 111 cm³/mol. The van der Waals surface area contributed by atoms with Crippen LogP contribution < -0.4 is 16.2 Å². The van der Waals surface area contributed by atoms with Gasteiger partial charge < -0.3 is 15.2 Å². The Morgan fingerprint density at radius 2 is 2.07 bits per heavy atom. The molecule has 2 bridgehead atoms. The molecule has 0 aliphatic carbocycles. The lowest BCUT2D eigenvalue weighted by molar-refractivity contribution is 0.1000. The number of primary amides is 1. The first-order valence-electron chi connectivity index (χ1n) is 10.6. The van der Waals surface area contributed by atoms with E-state index in [2.05, 4.69) is 16.0 Å². The van der Waals surface area contributed by atoms with Gasteiger partial charge in [0.05, 0.1) is 0 Å². The highest BCUT2D eigenvalue weighted by molar-refractivity contribution is 5.93. The Morgan fingerprint density at radius 3 is 2.83 bits per heavy atom. The van der Waals surface area contributed by atoms with E-state index in [9.17, 15) is 14.0 Å². The van der Waals surface area contributed by atoms with Gasteiger partial charge in [-0.25, -0.2) is 9.37 Å². The Balaban J connectivity index is 1.39. The third-order valence-corrected chi connectivity index (χ3v) is 6.65. The van der Waals surface area contributed by atoms with Gasteiger partial charge in [-0.1, -0.05) is 6.07 Å². The van der Waals surface area contributed by atoms with Gasteiger partial charge in [0.1, 0.15) is 12.0 Å². The van der Waals surface area contributed by atoms with Crippen LogP contribution in [-0.2, 0) is 13.1 Å². The average molecular weight is 411 g/mol. The number of alkyl halides is 1. The molecule has 2 aromatic rings. The van der Waals surface area contributed by atoms with Crippen LogP contribution >= 0.6 is 0 Å². The van der Waals surface area contributed by atoms with Crippen LogP contribution in [0.1, 0.15) is 40.4 Å². The number of fused-ring (bicyclic) bond motifs is 4. The van der Waals surface area contributed by atoms with Crippen molar-refractivity contribution >= 4 is 11.7 Å². The van der Waals surface area contributed by atoms with Gasteiger partial charge in [-0.05, 0) is 37.0 Å². The number of rotatable bonds is 4. The number of aromatic nitrogens is 2. The molecule has 3 atom stereocenters. The van der Waals surface area contributed by atoms with E-state index in [1.807, 2.05) is 15.5 Å². The number of hydrogen-bond donors (Lipinski definition) is 1. The van der Waals surface area contributed by atoms with Crippen LogP contribution in [0.5, 0.6) is 0 Å². The fraction of sp³-hybridized carbons (Fsp3) is 0.500. The number of pyridine rings is 2. The van der Waals surface area contributed by atoms with Crippen molar-refractivity contribution < 1.29 is 9.18 Å². The maximum atomic E-state index is 13.5. The molecule has 2 aromatic heterocycles. The minimum atomic E-state index is -0.780. The smallest absolute Gasteiger partial charge is 0.255 e. The Kier molecular flexibility index (Phi) is 4.81. The van der Waals surface area contributed by atoms with E-state index >= 15 is 0 Å². The van der Waals surface area contributed by atoms with Crippen molar-refractivity contribution in [2.45, 2.75) is 38.0 Å². The van der Waals surface area contributed by atoms with Crippen molar-refractivity contribution in [2.24, 2.45) is 11.7 Å². The fourth-order valence-electron chi connectivity index (χ4n) is 5.21. The van der Waals surface area contributed by atoms with Crippen LogP contribution in [0.4, 0.5) is 10.2 Å². The molecule has 3 aliphatic rings. The van der Waals surface area contributed by atoms with Crippen LogP contribution in [0.25, 0.3) is 0 Å². The normalized spacial score (nSPS) is 25.9. The van der Waals surface area contributed by atoms with Crippen LogP contribution in [0.15, 0.2) is 35.3 Å². The molecule has 7 nitrogen and oxygen atoms in total. The van der Waals surface area contributed by atoms with Crippen molar-refractivity contribution in [3.63, 3.8) is 0 Å². The van der Waals surface area contributed by atoms with Crippen molar-refractivity contribution in [1.29, 1.82) is 0 Å². The van der Waals surface area contributed by atoms with E-state index in [4.69, 9.17) is 5.73 Å². The van der Waals surface area contributed by atoms with Crippen LogP contribution in [-0.4, -0.2) is 52.7 Å². The van der Waals surface area contributed by atoms with Crippen LogP contribution in [0, 0.1) is 5.92 Å². The minimum Gasteiger partial charge on any atom is -0.366 e. The second-order valence-corrected chi connectivity index (χ2v) is 8.79. The number of hydrogen-bond acceptors (Lipinski definition) is 5. The molecule has 2 N–H and O–H groups in total. The summed E-state index contributed by atoms with van der Waals surface area (Å²) in [5, 5.41) is 0. The molecule has 30 heavy (non-hydrogen) atoms. The minimum absolute atomic E-state index is 0.0619. The maximum absolute atomic E-state index is 13.5. The van der Waals surface area contributed by atoms with Gasteiger partial charge in [0, 0.05) is 68.2 Å². The molecule has 2 saturated heterocycles. The highest BCUT2D eigenvalue weighted by Gasteiger charge is 2.35. The number of nitrogens with zero attached hydrogens (tertiary/aromatic N) is 4. The van der Waals surface area contributed by atoms with Gasteiger partial charge in [0.15, 0.2) is 0 Å². The van der Waals surface area contributed by atoms with Gasteiger partial charge in [-0.15, -0.1) is 0 Å². The molecular formula is C22H26FN5O2. The summed E-state index contributed by atoms with van der Waals surface area (Å²) in [6.07, 6.45) is 2.43. The number of anilines is 1. The number of amides is 1. The quantitative estimate of drug-likeness (QED) is 0.825. The number of carbonyl (C=O) groups excluding carboxylic acids is 1. The second-order valence-electron chi connectivity index (χ2n) is 8.79. The number of piperidine rings is 1. The monoisotopic (exact) mass is 411 g/mol. The zero-order valence-corrected chi connectivity index (χ0v) is 16.8. The number of nitrogens with two attached hydrogens (primary N) is 1. The Hall–Kier alpha value is -2.74. The summed E-state index contributed by atoms with van der Waals surface area (Å²) < 4.78 is 15.4. The highest BCUT2D eigenvalue weighted by Crippen LogP contribution is 2.36. The zero-order chi connectivity index (χ0) is 20.8. The molecule has 0 radical (unpaired) electrons. The van der Waals surface area contributed by atoms with Crippen molar-refractivity contribution in [2.75, 3.05) is 31.1 Å². The molecule has 0 unspecified atom stereocenters. The lowest BCUT2D eigenvalue weighted by Gasteiger charge is -2.43. The summed E-state index contributed by atoms with van der Waals surface area (Å²) in [6.45, 7) is 3.86. The Morgan fingerprint density at radius 1 is 1.20 bits per heavy atom. The van der Waals surface area contributed by atoms with Crippen LogP contribution in [0.2, 0.25) is 0 Å². The summed E-state index contributed by atoms with van der Waals surface area (Å²) in [7, 11) is 0. The average Bonchev–Trinajstić information content (AvgIpc) is 3.15. The highest BCUT2D eigenvalue weighted by atomic mass is 19.1. The second kappa shape index (κ2) is 7.50. The molecule has 1 amide bonds. The van der Waals surface area contributed by atoms with Gasteiger partial charge in [-0.2, -0.15) is 0 Å². The topological polar surface area (TPSA) is 84.5 Å². The third kappa shape index (κ3) is 3.49. The van der Waals surface area contributed by atoms with Gasteiger partial charge in [-0.3, -0.25) is 14.5 Å². The molecule has 0 saturated carbocycles. The van der Waals surface area contributed by atoms with E-state index in [0.29, 0.717) is 44.1 Å². The van der Waals surface area contributed by atoms with E-state index < -0.39 is 12.1 Å². The van der Waals surface area contributed by atoms with E-state index in [1.165, 1.54) is 0 Å². The Labute approximate surface area is 174 Å². The first-order valence-corrected chi connectivity index (χ1v) is 10.6. The molecular weight excluding hydrogens is 385 g/mol. The zero-order valence-electron chi connectivity index (χ0n) is 16.8. The summed E-state index contributed by atoms with van der Waals surface area (Å²) in [4.78, 5) is 33.3. The van der Waals surface area contributed by atoms with Gasteiger partial charge in [0.2, 0.25) is 5.91 Å². The van der Waals surface area contributed by atoms with Gasteiger partial charge in [0.25, 0.3) is 5.56 Å². The predicted octanol–water partition coefficient (Wildman–Crippen LogP) is 1.51. The molecule has 5 heterocycles. The van der Waals surface area contributed by atoms with Crippen molar-refractivity contribution in [1.82, 2.24) is 14.5 Å². The summed E-state index contributed by atoms with van der Waals surface area (Å²) in [6, 6.07) is 7.36.